The maximum Gasteiger partial charge on any atom is 0.127 e. The van der Waals surface area contributed by atoms with Gasteiger partial charge in [-0.15, -0.1) is 0 Å². The highest BCUT2D eigenvalue weighted by Gasteiger charge is 2.21. The van der Waals surface area contributed by atoms with E-state index in [1.54, 1.807) is 6.07 Å². The van der Waals surface area contributed by atoms with E-state index in [1.165, 1.54) is 12.1 Å². The molecule has 19 heavy (non-hydrogen) atoms. The standard InChI is InChI=1S/C14H21FN4/c1-9(8-16)19-13-6-5-11(15)7-12(13)17-14(19)10(2)18(3)4/h5-7,9-10H,8,16H2,1-4H3. The van der Waals surface area contributed by atoms with E-state index in [2.05, 4.69) is 28.3 Å². The maximum absolute atomic E-state index is 13.3. The third kappa shape index (κ3) is 2.48. The SMILES string of the molecule is CC(c1nc2cc(F)ccc2n1C(C)CN)N(C)C. The second-order valence-corrected chi connectivity index (χ2v) is 5.20. The monoisotopic (exact) mass is 264 g/mol. The van der Waals surface area contributed by atoms with Crippen LogP contribution in [-0.2, 0) is 0 Å². The van der Waals surface area contributed by atoms with Gasteiger partial charge in [0.2, 0.25) is 0 Å². The molecule has 2 unspecified atom stereocenters. The van der Waals surface area contributed by atoms with Crippen molar-refractivity contribution >= 4 is 11.0 Å². The highest BCUT2D eigenvalue weighted by molar-refractivity contribution is 5.76. The molecule has 104 valence electrons. The van der Waals surface area contributed by atoms with Crippen molar-refractivity contribution in [2.75, 3.05) is 20.6 Å². The van der Waals surface area contributed by atoms with Gasteiger partial charge in [-0.3, -0.25) is 4.90 Å². The highest BCUT2D eigenvalue weighted by atomic mass is 19.1. The number of nitrogens with zero attached hydrogens (tertiary/aromatic N) is 3. The van der Waals surface area contributed by atoms with Crippen molar-refractivity contribution in [2.24, 2.45) is 5.73 Å². The first-order chi connectivity index (χ1) is 8.95. The van der Waals surface area contributed by atoms with E-state index < -0.39 is 0 Å². The fourth-order valence-electron chi connectivity index (χ4n) is 2.18. The van der Waals surface area contributed by atoms with Crippen LogP contribution in [0.3, 0.4) is 0 Å². The molecule has 0 fully saturated rings. The summed E-state index contributed by atoms with van der Waals surface area (Å²) in [6.45, 7) is 4.66. The van der Waals surface area contributed by atoms with Crippen LogP contribution in [0.5, 0.6) is 0 Å². The Hall–Kier alpha value is -1.46. The van der Waals surface area contributed by atoms with E-state index >= 15 is 0 Å². The molecule has 1 heterocycles. The maximum atomic E-state index is 13.3. The summed E-state index contributed by atoms with van der Waals surface area (Å²) >= 11 is 0. The molecule has 4 nitrogen and oxygen atoms in total. The number of hydrogen-bond donors (Lipinski definition) is 1. The molecule has 0 aliphatic rings. The molecule has 2 N–H and O–H groups in total. The number of hydrogen-bond acceptors (Lipinski definition) is 3. The van der Waals surface area contributed by atoms with Crippen molar-refractivity contribution < 1.29 is 4.39 Å². The molecule has 0 saturated carbocycles. The molecule has 0 amide bonds. The Labute approximate surface area is 113 Å². The number of halogens is 1. The fraction of sp³-hybridized carbons (Fsp3) is 0.500. The normalized spacial score (nSPS) is 15.1. The summed E-state index contributed by atoms with van der Waals surface area (Å²) in [6.07, 6.45) is 0. The van der Waals surface area contributed by atoms with E-state index in [9.17, 15) is 4.39 Å². The van der Waals surface area contributed by atoms with Crippen molar-refractivity contribution in [2.45, 2.75) is 25.9 Å². The van der Waals surface area contributed by atoms with Crippen LogP contribution in [0.1, 0.15) is 31.8 Å². The molecule has 0 bridgehead atoms. The highest BCUT2D eigenvalue weighted by Crippen LogP contribution is 2.27. The molecule has 2 aromatic rings. The van der Waals surface area contributed by atoms with Crippen molar-refractivity contribution in [1.29, 1.82) is 0 Å². The lowest BCUT2D eigenvalue weighted by molar-refractivity contribution is 0.297. The molecule has 0 spiro atoms. The Balaban J connectivity index is 2.67. The van der Waals surface area contributed by atoms with Gasteiger partial charge in [0.1, 0.15) is 11.6 Å². The summed E-state index contributed by atoms with van der Waals surface area (Å²) in [7, 11) is 4.00. The zero-order valence-electron chi connectivity index (χ0n) is 11.9. The van der Waals surface area contributed by atoms with E-state index in [0.29, 0.717) is 12.1 Å². The second kappa shape index (κ2) is 5.27. The van der Waals surface area contributed by atoms with Gasteiger partial charge in [0.25, 0.3) is 0 Å². The van der Waals surface area contributed by atoms with Crippen LogP contribution >= 0.6 is 0 Å². The minimum absolute atomic E-state index is 0.132. The first kappa shape index (κ1) is 14.0. The minimum atomic E-state index is -0.262. The van der Waals surface area contributed by atoms with Gasteiger partial charge in [-0.05, 0) is 40.1 Å². The Kier molecular flexibility index (Phi) is 3.87. The van der Waals surface area contributed by atoms with E-state index in [0.717, 1.165) is 11.3 Å². The number of imidazole rings is 1. The molecule has 0 saturated heterocycles. The topological polar surface area (TPSA) is 47.1 Å². The van der Waals surface area contributed by atoms with E-state index in [-0.39, 0.29) is 17.9 Å². The fourth-order valence-corrected chi connectivity index (χ4v) is 2.18. The molecule has 2 atom stereocenters. The Morgan fingerprint density at radius 2 is 2.05 bits per heavy atom. The van der Waals surface area contributed by atoms with Crippen LogP contribution in [0.15, 0.2) is 18.2 Å². The smallest absolute Gasteiger partial charge is 0.127 e. The Bertz CT molecular complexity index is 576. The van der Waals surface area contributed by atoms with Crippen LogP contribution in [0.4, 0.5) is 4.39 Å². The third-order valence-electron chi connectivity index (χ3n) is 3.61. The molecule has 1 aromatic carbocycles. The number of benzene rings is 1. The van der Waals surface area contributed by atoms with E-state index in [4.69, 9.17) is 5.73 Å². The van der Waals surface area contributed by atoms with Gasteiger partial charge in [0, 0.05) is 18.7 Å². The molecule has 0 aliphatic carbocycles. The van der Waals surface area contributed by atoms with Crippen molar-refractivity contribution in [3.8, 4) is 0 Å². The number of aromatic nitrogens is 2. The zero-order valence-corrected chi connectivity index (χ0v) is 11.9. The second-order valence-electron chi connectivity index (χ2n) is 5.20. The zero-order chi connectivity index (χ0) is 14.2. The third-order valence-corrected chi connectivity index (χ3v) is 3.61. The van der Waals surface area contributed by atoms with Crippen LogP contribution in [0.25, 0.3) is 11.0 Å². The quantitative estimate of drug-likeness (QED) is 0.922. The lowest BCUT2D eigenvalue weighted by Gasteiger charge is -2.23. The predicted octanol–water partition coefficient (Wildman–Crippen LogP) is 2.32. The summed E-state index contributed by atoms with van der Waals surface area (Å²) in [6, 6.07) is 4.99. The van der Waals surface area contributed by atoms with Crippen LogP contribution in [-0.4, -0.2) is 35.1 Å². The number of fused-ring (bicyclic) bond motifs is 1. The van der Waals surface area contributed by atoms with Gasteiger partial charge in [-0.1, -0.05) is 0 Å². The van der Waals surface area contributed by atoms with Crippen molar-refractivity contribution in [3.05, 3.63) is 29.8 Å². The molecule has 1 aromatic heterocycles. The van der Waals surface area contributed by atoms with Crippen LogP contribution in [0, 0.1) is 5.82 Å². The van der Waals surface area contributed by atoms with Gasteiger partial charge in [-0.25, -0.2) is 9.37 Å². The molecule has 5 heteroatoms. The first-order valence-electron chi connectivity index (χ1n) is 6.49. The molecular formula is C14H21FN4. The van der Waals surface area contributed by atoms with Crippen molar-refractivity contribution in [3.63, 3.8) is 0 Å². The van der Waals surface area contributed by atoms with Crippen LogP contribution in [0.2, 0.25) is 0 Å². The summed E-state index contributed by atoms with van der Waals surface area (Å²) in [5.41, 5.74) is 7.41. The molecular weight excluding hydrogens is 243 g/mol. The average molecular weight is 264 g/mol. The summed E-state index contributed by atoms with van der Waals surface area (Å²) < 4.78 is 15.4. The molecule has 2 rings (SSSR count). The molecule has 0 radical (unpaired) electrons. The van der Waals surface area contributed by atoms with Gasteiger partial charge in [0.05, 0.1) is 17.1 Å². The average Bonchev–Trinajstić information content (AvgIpc) is 2.74. The van der Waals surface area contributed by atoms with Gasteiger partial charge < -0.3 is 10.3 Å². The minimum Gasteiger partial charge on any atom is -0.328 e. The predicted molar refractivity (Wildman–Crippen MR) is 75.6 cm³/mol. The number of nitrogens with two attached hydrogens (primary N) is 1. The first-order valence-corrected chi connectivity index (χ1v) is 6.49. The van der Waals surface area contributed by atoms with Crippen molar-refractivity contribution in [1.82, 2.24) is 14.5 Å². The largest absolute Gasteiger partial charge is 0.328 e. The Morgan fingerprint density at radius 1 is 1.37 bits per heavy atom. The summed E-state index contributed by atoms with van der Waals surface area (Å²) in [5.74, 6) is 0.658. The number of rotatable bonds is 4. The summed E-state index contributed by atoms with van der Waals surface area (Å²) in [5, 5.41) is 0. The van der Waals surface area contributed by atoms with Gasteiger partial charge in [-0.2, -0.15) is 0 Å². The van der Waals surface area contributed by atoms with Crippen LogP contribution < -0.4 is 5.73 Å². The van der Waals surface area contributed by atoms with Gasteiger partial charge in [0.15, 0.2) is 0 Å². The summed E-state index contributed by atoms with van der Waals surface area (Å²) in [4.78, 5) is 6.67. The van der Waals surface area contributed by atoms with E-state index in [1.807, 2.05) is 14.1 Å². The van der Waals surface area contributed by atoms with Gasteiger partial charge >= 0.3 is 0 Å². The lowest BCUT2D eigenvalue weighted by atomic mass is 10.2. The molecule has 0 aliphatic heterocycles. The lowest BCUT2D eigenvalue weighted by Crippen LogP contribution is -2.24. The Morgan fingerprint density at radius 3 is 2.63 bits per heavy atom.